The first-order valence-electron chi connectivity index (χ1n) is 6.43. The summed E-state index contributed by atoms with van der Waals surface area (Å²) in [7, 11) is -3.64. The van der Waals surface area contributed by atoms with Crippen molar-refractivity contribution in [2.45, 2.75) is 25.1 Å². The number of hydrogen-bond acceptors (Lipinski definition) is 5. The number of benzene rings is 1. The van der Waals surface area contributed by atoms with Crippen molar-refractivity contribution in [3.05, 3.63) is 52.0 Å². The molecule has 118 valence electrons. The maximum absolute atomic E-state index is 12.3. The van der Waals surface area contributed by atoms with Crippen LogP contribution in [0.3, 0.4) is 0 Å². The Hall–Kier alpha value is -1.77. The molecule has 6 nitrogen and oxygen atoms in total. The number of carboxylic acids is 1. The Bertz CT molecular complexity index is 768. The van der Waals surface area contributed by atoms with Gasteiger partial charge in [0.15, 0.2) is 0 Å². The van der Waals surface area contributed by atoms with Gasteiger partial charge < -0.3 is 5.11 Å². The molecule has 1 aromatic heterocycles. The Balaban J connectivity index is 2.18. The van der Waals surface area contributed by atoms with E-state index in [9.17, 15) is 13.2 Å². The second-order valence-electron chi connectivity index (χ2n) is 5.33. The molecular formula is C14H16N2O4S2. The molecule has 8 heteroatoms. The SMILES string of the molecule is CC(C)(NS(=O)(=O)Cc1cccc(C(=O)O)c1)c1nccs1. The van der Waals surface area contributed by atoms with Gasteiger partial charge in [0.25, 0.3) is 0 Å². The van der Waals surface area contributed by atoms with Crippen molar-refractivity contribution >= 4 is 27.3 Å². The Morgan fingerprint density at radius 2 is 2.14 bits per heavy atom. The highest BCUT2D eigenvalue weighted by Crippen LogP contribution is 2.23. The summed E-state index contributed by atoms with van der Waals surface area (Å²) in [5.41, 5.74) is -0.341. The minimum Gasteiger partial charge on any atom is -0.478 e. The van der Waals surface area contributed by atoms with Gasteiger partial charge in [0.1, 0.15) is 5.01 Å². The lowest BCUT2D eigenvalue weighted by Crippen LogP contribution is -2.41. The zero-order chi connectivity index (χ0) is 16.4. The lowest BCUT2D eigenvalue weighted by molar-refractivity contribution is 0.0696. The first-order valence-corrected chi connectivity index (χ1v) is 8.97. The largest absolute Gasteiger partial charge is 0.478 e. The summed E-state index contributed by atoms with van der Waals surface area (Å²) in [4.78, 5) is 15.1. The number of hydrogen-bond donors (Lipinski definition) is 2. The van der Waals surface area contributed by atoms with E-state index in [1.54, 1.807) is 31.5 Å². The molecule has 0 spiro atoms. The Labute approximate surface area is 132 Å². The molecule has 1 heterocycles. The van der Waals surface area contributed by atoms with Crippen LogP contribution >= 0.6 is 11.3 Å². The van der Waals surface area contributed by atoms with Crippen LogP contribution < -0.4 is 4.72 Å². The van der Waals surface area contributed by atoms with Crippen molar-refractivity contribution in [2.24, 2.45) is 0 Å². The van der Waals surface area contributed by atoms with Crippen LogP contribution in [0.4, 0.5) is 0 Å². The third-order valence-corrected chi connectivity index (χ3v) is 5.54. The molecule has 0 saturated carbocycles. The molecule has 2 rings (SSSR count). The van der Waals surface area contributed by atoms with Crippen molar-refractivity contribution in [2.75, 3.05) is 0 Å². The highest BCUT2D eigenvalue weighted by molar-refractivity contribution is 7.88. The predicted molar refractivity (Wildman–Crippen MR) is 84.3 cm³/mol. The summed E-state index contributed by atoms with van der Waals surface area (Å²) in [6, 6.07) is 5.89. The van der Waals surface area contributed by atoms with Crippen LogP contribution in [0.2, 0.25) is 0 Å². The van der Waals surface area contributed by atoms with E-state index in [0.717, 1.165) is 0 Å². The van der Waals surface area contributed by atoms with Gasteiger partial charge in [-0.15, -0.1) is 11.3 Å². The van der Waals surface area contributed by atoms with E-state index in [0.29, 0.717) is 10.6 Å². The first kappa shape index (κ1) is 16.6. The number of thiazole rings is 1. The number of aromatic nitrogens is 1. The van der Waals surface area contributed by atoms with Gasteiger partial charge in [-0.3, -0.25) is 0 Å². The monoisotopic (exact) mass is 340 g/mol. The molecular weight excluding hydrogens is 324 g/mol. The molecule has 0 saturated heterocycles. The summed E-state index contributed by atoms with van der Waals surface area (Å²) in [5, 5.41) is 11.4. The van der Waals surface area contributed by atoms with Crippen LogP contribution in [0.15, 0.2) is 35.8 Å². The molecule has 0 aliphatic rings. The fourth-order valence-electron chi connectivity index (χ4n) is 2.01. The molecule has 0 fully saturated rings. The zero-order valence-corrected chi connectivity index (χ0v) is 13.7. The molecule has 0 aliphatic carbocycles. The molecule has 2 aromatic rings. The molecule has 22 heavy (non-hydrogen) atoms. The standard InChI is InChI=1S/C14H16N2O4S2/c1-14(2,13-15-6-7-21-13)16-22(19,20)9-10-4-3-5-11(8-10)12(17)18/h3-8,16H,9H2,1-2H3,(H,17,18). The maximum atomic E-state index is 12.3. The summed E-state index contributed by atoms with van der Waals surface area (Å²) in [5.74, 6) is -1.38. The van der Waals surface area contributed by atoms with Gasteiger partial charge in [-0.2, -0.15) is 0 Å². The summed E-state index contributed by atoms with van der Waals surface area (Å²) in [6.45, 7) is 3.47. The number of carboxylic acid groups (broad SMARTS) is 1. The highest BCUT2D eigenvalue weighted by atomic mass is 32.2. The molecule has 0 unspecified atom stereocenters. The van der Waals surface area contributed by atoms with Gasteiger partial charge in [0.05, 0.1) is 16.9 Å². The normalized spacial score (nSPS) is 12.3. The molecule has 0 atom stereocenters. The van der Waals surface area contributed by atoms with E-state index in [4.69, 9.17) is 5.11 Å². The van der Waals surface area contributed by atoms with Crippen LogP contribution in [0.5, 0.6) is 0 Å². The zero-order valence-electron chi connectivity index (χ0n) is 12.1. The van der Waals surface area contributed by atoms with Crippen LogP contribution in [0.25, 0.3) is 0 Å². The van der Waals surface area contributed by atoms with Crippen LogP contribution in [0.1, 0.15) is 34.8 Å². The van der Waals surface area contributed by atoms with Gasteiger partial charge in [-0.05, 0) is 31.5 Å². The topological polar surface area (TPSA) is 96.4 Å². The smallest absolute Gasteiger partial charge is 0.335 e. The molecule has 0 amide bonds. The predicted octanol–water partition coefficient (Wildman–Crippen LogP) is 2.20. The molecule has 2 N–H and O–H groups in total. The fourth-order valence-corrected chi connectivity index (χ4v) is 4.36. The Kier molecular flexibility index (Phi) is 4.64. The summed E-state index contributed by atoms with van der Waals surface area (Å²) < 4.78 is 27.2. The maximum Gasteiger partial charge on any atom is 0.335 e. The third kappa shape index (κ3) is 4.12. The molecule has 0 bridgehead atoms. The van der Waals surface area contributed by atoms with Crippen molar-refractivity contribution in [3.63, 3.8) is 0 Å². The quantitative estimate of drug-likeness (QED) is 0.840. The van der Waals surface area contributed by atoms with E-state index < -0.39 is 21.5 Å². The number of nitrogens with one attached hydrogen (secondary N) is 1. The van der Waals surface area contributed by atoms with E-state index in [-0.39, 0.29) is 11.3 Å². The van der Waals surface area contributed by atoms with Crippen LogP contribution in [-0.4, -0.2) is 24.5 Å². The minimum atomic E-state index is -3.64. The van der Waals surface area contributed by atoms with E-state index >= 15 is 0 Å². The van der Waals surface area contributed by atoms with E-state index in [1.807, 2.05) is 0 Å². The summed E-state index contributed by atoms with van der Waals surface area (Å²) in [6.07, 6.45) is 1.62. The number of rotatable bonds is 6. The second-order valence-corrected chi connectivity index (χ2v) is 7.95. The number of aromatic carboxylic acids is 1. The Morgan fingerprint density at radius 1 is 1.41 bits per heavy atom. The van der Waals surface area contributed by atoms with Crippen molar-refractivity contribution < 1.29 is 18.3 Å². The summed E-state index contributed by atoms with van der Waals surface area (Å²) >= 11 is 1.37. The fraction of sp³-hybridized carbons (Fsp3) is 0.286. The molecule has 1 aromatic carbocycles. The van der Waals surface area contributed by atoms with Gasteiger partial charge in [0.2, 0.25) is 10.0 Å². The van der Waals surface area contributed by atoms with Crippen molar-refractivity contribution in [1.29, 1.82) is 0 Å². The van der Waals surface area contributed by atoms with Gasteiger partial charge in [-0.25, -0.2) is 22.9 Å². The first-order chi connectivity index (χ1) is 10.2. The van der Waals surface area contributed by atoms with Crippen LogP contribution in [-0.2, 0) is 21.3 Å². The number of carbonyl (C=O) groups is 1. The van der Waals surface area contributed by atoms with Gasteiger partial charge in [0, 0.05) is 11.6 Å². The number of nitrogens with zero attached hydrogens (tertiary/aromatic N) is 1. The lowest BCUT2D eigenvalue weighted by atomic mass is 10.1. The number of sulfonamides is 1. The third-order valence-electron chi connectivity index (χ3n) is 2.91. The van der Waals surface area contributed by atoms with Crippen LogP contribution in [0, 0.1) is 0 Å². The van der Waals surface area contributed by atoms with Gasteiger partial charge in [-0.1, -0.05) is 12.1 Å². The van der Waals surface area contributed by atoms with E-state index in [2.05, 4.69) is 9.71 Å². The van der Waals surface area contributed by atoms with Gasteiger partial charge >= 0.3 is 5.97 Å². The lowest BCUT2D eigenvalue weighted by Gasteiger charge is -2.23. The second kappa shape index (κ2) is 6.15. The molecule has 0 radical (unpaired) electrons. The average molecular weight is 340 g/mol. The average Bonchev–Trinajstić information content (AvgIpc) is 2.91. The Morgan fingerprint density at radius 3 is 2.73 bits per heavy atom. The van der Waals surface area contributed by atoms with E-state index in [1.165, 1.54) is 29.5 Å². The highest BCUT2D eigenvalue weighted by Gasteiger charge is 2.29. The van der Waals surface area contributed by atoms with Crippen molar-refractivity contribution in [1.82, 2.24) is 9.71 Å². The van der Waals surface area contributed by atoms with Crippen molar-refractivity contribution in [3.8, 4) is 0 Å². The molecule has 0 aliphatic heterocycles. The minimum absolute atomic E-state index is 0.0619.